The topological polar surface area (TPSA) is 128 Å². The maximum Gasteiger partial charge on any atom is 0.330 e. The van der Waals surface area contributed by atoms with Crippen LogP contribution in [-0.4, -0.2) is 47.0 Å². The van der Waals surface area contributed by atoms with Crippen molar-refractivity contribution in [3.63, 3.8) is 0 Å². The Hall–Kier alpha value is -3.38. The number of nitriles is 1. The molecule has 28 heavy (non-hydrogen) atoms. The van der Waals surface area contributed by atoms with Crippen molar-refractivity contribution in [2.45, 2.75) is 19.9 Å². The van der Waals surface area contributed by atoms with E-state index < -0.39 is 11.2 Å². The first-order chi connectivity index (χ1) is 13.4. The lowest BCUT2D eigenvalue weighted by molar-refractivity contribution is -0.119. The number of H-pyrrole nitrogens is 1. The number of carbonyl (C=O) groups is 1. The minimum absolute atomic E-state index is 0.0201. The van der Waals surface area contributed by atoms with Gasteiger partial charge in [-0.15, -0.1) is 0 Å². The summed E-state index contributed by atoms with van der Waals surface area (Å²) in [5.41, 5.74) is 5.60. The number of nitrogens with one attached hydrogen (secondary N) is 1. The minimum atomic E-state index is -0.707. The molecule has 1 aromatic heterocycles. The van der Waals surface area contributed by atoms with E-state index in [9.17, 15) is 14.4 Å². The molecule has 0 saturated carbocycles. The standard InChI is InChI=1S/C19H24N6O3/c1-3-24(15(26)13-23(2)11-7-10-20)16-17(21)25(19(28)22-18(16)27)12-14-8-5-4-6-9-14/h4-6,8-9H,3,7,11-13,21H2,1-2H3,(H,22,27,28). The molecule has 2 rings (SSSR count). The highest BCUT2D eigenvalue weighted by Crippen LogP contribution is 2.18. The smallest absolute Gasteiger partial charge is 0.330 e. The van der Waals surface area contributed by atoms with Gasteiger partial charge in [-0.1, -0.05) is 30.3 Å². The van der Waals surface area contributed by atoms with Gasteiger partial charge in [-0.05, 0) is 19.5 Å². The number of likely N-dealkylation sites (N-methyl/N-ethyl adjacent to an activating group) is 2. The summed E-state index contributed by atoms with van der Waals surface area (Å²) in [6.45, 7) is 2.55. The fourth-order valence-electron chi connectivity index (χ4n) is 2.86. The molecule has 9 heteroatoms. The van der Waals surface area contributed by atoms with Gasteiger partial charge >= 0.3 is 5.69 Å². The summed E-state index contributed by atoms with van der Waals surface area (Å²) < 4.78 is 1.24. The highest BCUT2D eigenvalue weighted by Gasteiger charge is 2.23. The zero-order valence-electron chi connectivity index (χ0n) is 16.0. The van der Waals surface area contributed by atoms with Crippen LogP contribution in [0.3, 0.4) is 0 Å². The first-order valence-corrected chi connectivity index (χ1v) is 8.91. The van der Waals surface area contributed by atoms with Crippen LogP contribution in [0.1, 0.15) is 18.9 Å². The number of nitrogens with zero attached hydrogens (tertiary/aromatic N) is 4. The summed E-state index contributed by atoms with van der Waals surface area (Å²) in [6.07, 6.45) is 0.292. The number of nitrogens with two attached hydrogens (primary N) is 1. The molecular weight excluding hydrogens is 360 g/mol. The monoisotopic (exact) mass is 384 g/mol. The van der Waals surface area contributed by atoms with Gasteiger partial charge < -0.3 is 10.6 Å². The third-order valence-corrected chi connectivity index (χ3v) is 4.30. The Labute approximate surface area is 162 Å². The molecule has 0 saturated heterocycles. The van der Waals surface area contributed by atoms with Gasteiger partial charge in [0.15, 0.2) is 5.69 Å². The molecule has 1 heterocycles. The maximum absolute atomic E-state index is 12.7. The number of nitrogen functional groups attached to an aromatic ring is 1. The number of hydrogen-bond donors (Lipinski definition) is 2. The zero-order valence-corrected chi connectivity index (χ0v) is 16.0. The summed E-state index contributed by atoms with van der Waals surface area (Å²) in [5, 5.41) is 8.67. The van der Waals surface area contributed by atoms with Crippen LogP contribution in [0.15, 0.2) is 39.9 Å². The normalized spacial score (nSPS) is 10.6. The fraction of sp³-hybridized carbons (Fsp3) is 0.368. The summed E-state index contributed by atoms with van der Waals surface area (Å²) in [7, 11) is 1.72. The van der Waals surface area contributed by atoms with Gasteiger partial charge in [0.2, 0.25) is 5.91 Å². The quantitative estimate of drug-likeness (QED) is 0.676. The number of aromatic nitrogens is 2. The van der Waals surface area contributed by atoms with E-state index in [1.54, 1.807) is 18.9 Å². The highest BCUT2D eigenvalue weighted by molar-refractivity contribution is 5.96. The molecule has 3 N–H and O–H groups in total. The van der Waals surface area contributed by atoms with Gasteiger partial charge in [0.05, 0.1) is 19.2 Å². The molecule has 1 aromatic carbocycles. The van der Waals surface area contributed by atoms with Crippen molar-refractivity contribution in [1.29, 1.82) is 5.26 Å². The number of carbonyl (C=O) groups excluding carboxylic acids is 1. The maximum atomic E-state index is 12.7. The molecule has 9 nitrogen and oxygen atoms in total. The first-order valence-electron chi connectivity index (χ1n) is 8.91. The van der Waals surface area contributed by atoms with E-state index in [1.807, 2.05) is 36.4 Å². The van der Waals surface area contributed by atoms with Crippen molar-refractivity contribution in [3.05, 3.63) is 56.7 Å². The molecule has 148 valence electrons. The number of rotatable bonds is 8. The second-order valence-corrected chi connectivity index (χ2v) is 6.35. The predicted molar refractivity (Wildman–Crippen MR) is 107 cm³/mol. The molecule has 0 fully saturated rings. The molecule has 1 amide bonds. The number of anilines is 2. The number of aromatic amines is 1. The van der Waals surface area contributed by atoms with Gasteiger partial charge in [0, 0.05) is 19.5 Å². The van der Waals surface area contributed by atoms with Crippen LogP contribution >= 0.6 is 0 Å². The first kappa shape index (κ1) is 20.9. The lowest BCUT2D eigenvalue weighted by atomic mass is 10.2. The second-order valence-electron chi connectivity index (χ2n) is 6.35. The molecule has 0 bridgehead atoms. The third kappa shape index (κ3) is 4.86. The Morgan fingerprint density at radius 3 is 2.57 bits per heavy atom. The lowest BCUT2D eigenvalue weighted by Gasteiger charge is -2.25. The molecule has 0 aliphatic carbocycles. The average Bonchev–Trinajstić information content (AvgIpc) is 2.67. The van der Waals surface area contributed by atoms with Gasteiger partial charge in [-0.25, -0.2) is 4.79 Å². The van der Waals surface area contributed by atoms with Crippen molar-refractivity contribution in [1.82, 2.24) is 14.5 Å². The Balaban J connectivity index is 2.38. The van der Waals surface area contributed by atoms with Crippen LogP contribution in [0.4, 0.5) is 11.5 Å². The second kappa shape index (κ2) is 9.53. The van der Waals surface area contributed by atoms with Crippen LogP contribution in [-0.2, 0) is 11.3 Å². The van der Waals surface area contributed by atoms with Crippen LogP contribution in [0.5, 0.6) is 0 Å². The van der Waals surface area contributed by atoms with Crippen molar-refractivity contribution in [3.8, 4) is 6.07 Å². The van der Waals surface area contributed by atoms with Crippen LogP contribution in [0, 0.1) is 11.3 Å². The van der Waals surface area contributed by atoms with Crippen LogP contribution < -0.4 is 21.9 Å². The number of amides is 1. The Morgan fingerprint density at radius 1 is 1.29 bits per heavy atom. The Morgan fingerprint density at radius 2 is 1.96 bits per heavy atom. The molecule has 0 unspecified atom stereocenters. The summed E-state index contributed by atoms with van der Waals surface area (Å²) >= 11 is 0. The summed E-state index contributed by atoms with van der Waals surface area (Å²) in [6, 6.07) is 11.2. The van der Waals surface area contributed by atoms with Gasteiger partial charge in [-0.2, -0.15) is 5.26 Å². The molecule has 0 aliphatic rings. The van der Waals surface area contributed by atoms with Crippen molar-refractivity contribution in [2.24, 2.45) is 0 Å². The molecule has 0 atom stereocenters. The van der Waals surface area contributed by atoms with Crippen LogP contribution in [0.2, 0.25) is 0 Å². The van der Waals surface area contributed by atoms with E-state index in [1.165, 1.54) is 9.47 Å². The van der Waals surface area contributed by atoms with E-state index in [0.717, 1.165) is 5.56 Å². The van der Waals surface area contributed by atoms with Gasteiger partial charge in [0.25, 0.3) is 5.56 Å². The predicted octanol–water partition coefficient (Wildman–Crippen LogP) is 0.365. The van der Waals surface area contributed by atoms with E-state index >= 15 is 0 Å². The number of hydrogen-bond acceptors (Lipinski definition) is 6. The third-order valence-electron chi connectivity index (χ3n) is 4.30. The highest BCUT2D eigenvalue weighted by atomic mass is 16.2. The van der Waals surface area contributed by atoms with E-state index in [-0.39, 0.29) is 37.0 Å². The molecule has 0 radical (unpaired) electrons. The van der Waals surface area contributed by atoms with Crippen LogP contribution in [0.25, 0.3) is 0 Å². The Bertz CT molecular complexity index is 974. The Kier molecular flexibility index (Phi) is 7.12. The lowest BCUT2D eigenvalue weighted by Crippen LogP contribution is -2.44. The van der Waals surface area contributed by atoms with Crippen molar-refractivity contribution < 1.29 is 4.79 Å². The summed E-state index contributed by atoms with van der Waals surface area (Å²) in [4.78, 5) is 42.6. The van der Waals surface area contributed by atoms with Crippen molar-refractivity contribution in [2.75, 3.05) is 37.3 Å². The fourth-order valence-corrected chi connectivity index (χ4v) is 2.86. The van der Waals surface area contributed by atoms with E-state index in [4.69, 9.17) is 11.0 Å². The minimum Gasteiger partial charge on any atom is -0.383 e. The zero-order chi connectivity index (χ0) is 20.7. The molecular formula is C19H24N6O3. The SMILES string of the molecule is CCN(C(=O)CN(C)CCC#N)c1c(N)n(Cc2ccccc2)c(=O)[nH]c1=O. The molecule has 0 spiro atoms. The number of benzene rings is 1. The van der Waals surface area contributed by atoms with Gasteiger partial charge in [0.1, 0.15) is 5.82 Å². The summed E-state index contributed by atoms with van der Waals surface area (Å²) in [5.74, 6) is -0.405. The molecule has 2 aromatic rings. The van der Waals surface area contributed by atoms with Crippen molar-refractivity contribution >= 4 is 17.4 Å². The van der Waals surface area contributed by atoms with Gasteiger partial charge in [-0.3, -0.25) is 24.0 Å². The largest absolute Gasteiger partial charge is 0.383 e. The van der Waals surface area contributed by atoms with E-state index in [2.05, 4.69) is 4.98 Å². The molecule has 0 aliphatic heterocycles. The van der Waals surface area contributed by atoms with E-state index in [0.29, 0.717) is 13.0 Å². The average molecular weight is 384 g/mol.